The third-order valence-corrected chi connectivity index (χ3v) is 1.98. The first-order chi connectivity index (χ1) is 6.16. The van der Waals surface area contributed by atoms with Gasteiger partial charge in [0.15, 0.2) is 11.5 Å². The quantitative estimate of drug-likeness (QED) is 0.500. The molecule has 14 heavy (non-hydrogen) atoms. The third kappa shape index (κ3) is 1.98. The van der Waals surface area contributed by atoms with Crippen molar-refractivity contribution in [2.75, 3.05) is 0 Å². The predicted octanol–water partition coefficient (Wildman–Crippen LogP) is -3.14. The average molecular weight is 248 g/mol. The summed E-state index contributed by atoms with van der Waals surface area (Å²) in [5.74, 6) is -1.68. The van der Waals surface area contributed by atoms with Gasteiger partial charge in [-0.3, -0.25) is 0 Å². The van der Waals surface area contributed by atoms with Crippen molar-refractivity contribution in [1.82, 2.24) is 14.6 Å². The summed E-state index contributed by atoms with van der Waals surface area (Å²) in [6.07, 6.45) is 1.61. The average Bonchev–Trinajstić information content (AvgIpc) is 2.46. The van der Waals surface area contributed by atoms with Crippen molar-refractivity contribution in [2.24, 2.45) is 0 Å². The van der Waals surface area contributed by atoms with E-state index in [1.165, 1.54) is 4.52 Å². The number of halogens is 1. The van der Waals surface area contributed by atoms with Gasteiger partial charge in [-0.05, 0) is 12.1 Å². The molecule has 2 heterocycles. The summed E-state index contributed by atoms with van der Waals surface area (Å²) < 4.78 is 2.19. The molecule has 66 valence electrons. The van der Waals surface area contributed by atoms with Crippen LogP contribution in [0.5, 0.6) is 0 Å². The third-order valence-electron chi connectivity index (χ3n) is 1.48. The Bertz CT molecular complexity index is 485. The maximum atomic E-state index is 10.4. The molecule has 0 aliphatic carbocycles. The van der Waals surface area contributed by atoms with E-state index in [9.17, 15) is 9.90 Å². The van der Waals surface area contributed by atoms with Gasteiger partial charge < -0.3 is 9.90 Å². The van der Waals surface area contributed by atoms with Gasteiger partial charge in [0.25, 0.3) is 0 Å². The fraction of sp³-hybridized carbons (Fsp3) is 0. The molecule has 0 atom stereocenters. The van der Waals surface area contributed by atoms with Crippen molar-refractivity contribution in [1.29, 1.82) is 0 Å². The van der Waals surface area contributed by atoms with Gasteiger partial charge in [0, 0.05) is 10.7 Å². The molecule has 0 amide bonds. The fourth-order valence-corrected chi connectivity index (χ4v) is 1.27. The maximum Gasteiger partial charge on any atom is 1.00 e. The van der Waals surface area contributed by atoms with Crippen LogP contribution in [0.25, 0.3) is 5.65 Å². The number of carbonyl (C=O) groups excluding carboxylic acids is 1. The molecule has 2 aromatic rings. The first kappa shape index (κ1) is 11.2. The first-order valence-electron chi connectivity index (χ1n) is 3.40. The molecule has 0 saturated carbocycles. The summed E-state index contributed by atoms with van der Waals surface area (Å²) >= 11 is 3.23. The Labute approximate surface area is 99.4 Å². The van der Waals surface area contributed by atoms with E-state index in [-0.39, 0.29) is 24.7 Å². The van der Waals surface area contributed by atoms with Crippen molar-refractivity contribution in [3.05, 3.63) is 28.6 Å². The Hall–Kier alpha value is -0.833. The Balaban J connectivity index is 0.000000980. The van der Waals surface area contributed by atoms with Gasteiger partial charge in [-0.25, -0.2) is 9.50 Å². The Morgan fingerprint density at radius 2 is 2.29 bits per heavy atom. The summed E-state index contributed by atoms with van der Waals surface area (Å²) in [4.78, 5) is 14.1. The Morgan fingerprint density at radius 3 is 2.93 bits per heavy atom. The van der Waals surface area contributed by atoms with Crippen LogP contribution < -0.4 is 24.0 Å². The van der Waals surface area contributed by atoms with Crippen LogP contribution in [-0.2, 0) is 0 Å². The minimum atomic E-state index is -1.38. The predicted molar refractivity (Wildman–Crippen MR) is 45.0 cm³/mol. The molecule has 0 unspecified atom stereocenters. The van der Waals surface area contributed by atoms with Crippen LogP contribution >= 0.6 is 15.9 Å². The normalized spacial score (nSPS) is 9.79. The Kier molecular flexibility index (Phi) is 3.32. The summed E-state index contributed by atoms with van der Waals surface area (Å²) in [6, 6.07) is 3.40. The molecule has 0 fully saturated rings. The zero-order valence-electron chi connectivity index (χ0n) is 7.27. The molecule has 0 aromatic carbocycles. The number of carboxylic acid groups (broad SMARTS) is 1. The Morgan fingerprint density at radius 1 is 1.57 bits per heavy atom. The molecule has 5 nitrogen and oxygen atoms in total. The molecule has 2 rings (SSSR count). The zero-order valence-corrected chi connectivity index (χ0v) is 8.85. The van der Waals surface area contributed by atoms with Crippen LogP contribution in [0.15, 0.2) is 22.8 Å². The molecule has 0 radical (unpaired) electrons. The van der Waals surface area contributed by atoms with E-state index < -0.39 is 5.97 Å². The number of hydrogen-bond donors (Lipinski definition) is 0. The maximum absolute atomic E-state index is 10.4. The molecule has 0 aliphatic rings. The van der Waals surface area contributed by atoms with E-state index in [1.807, 2.05) is 0 Å². The van der Waals surface area contributed by atoms with E-state index in [2.05, 4.69) is 26.0 Å². The van der Waals surface area contributed by atoms with E-state index in [1.54, 1.807) is 18.3 Å². The summed E-state index contributed by atoms with van der Waals surface area (Å²) in [7, 11) is 0. The molecular weight excluding hydrogens is 245 g/mol. The van der Waals surface area contributed by atoms with Gasteiger partial charge >= 0.3 is 18.9 Å². The molecular formula is C7H3BrLiN3O2. The smallest absolute Gasteiger partial charge is 0.541 e. The van der Waals surface area contributed by atoms with Gasteiger partial charge in [-0.1, -0.05) is 15.9 Å². The van der Waals surface area contributed by atoms with Crippen molar-refractivity contribution >= 4 is 27.5 Å². The summed E-state index contributed by atoms with van der Waals surface area (Å²) in [5, 5.41) is 14.1. The van der Waals surface area contributed by atoms with Crippen molar-refractivity contribution in [3.63, 3.8) is 0 Å². The summed E-state index contributed by atoms with van der Waals surface area (Å²) in [6.45, 7) is 0. The topological polar surface area (TPSA) is 70.3 Å². The van der Waals surface area contributed by atoms with Crippen molar-refractivity contribution in [3.8, 4) is 0 Å². The second kappa shape index (κ2) is 4.13. The van der Waals surface area contributed by atoms with Gasteiger partial charge in [0.1, 0.15) is 5.97 Å². The number of pyridine rings is 1. The molecule has 0 N–H and O–H groups in total. The second-order valence-electron chi connectivity index (χ2n) is 2.37. The number of rotatable bonds is 1. The molecule has 0 saturated heterocycles. The number of aromatic nitrogens is 3. The molecule has 0 bridgehead atoms. The van der Waals surface area contributed by atoms with Gasteiger partial charge in [0.2, 0.25) is 0 Å². The minimum absolute atomic E-state index is 0. The van der Waals surface area contributed by atoms with Crippen LogP contribution in [0.4, 0.5) is 0 Å². The minimum Gasteiger partial charge on any atom is -0.541 e. The van der Waals surface area contributed by atoms with Crippen LogP contribution in [0.1, 0.15) is 10.6 Å². The number of nitrogens with zero attached hydrogens (tertiary/aromatic N) is 3. The number of aromatic carboxylic acids is 1. The molecule has 0 spiro atoms. The van der Waals surface area contributed by atoms with Crippen LogP contribution in [0.2, 0.25) is 0 Å². The fourth-order valence-electron chi connectivity index (χ4n) is 0.943. The van der Waals surface area contributed by atoms with Gasteiger partial charge in [-0.2, -0.15) is 0 Å². The van der Waals surface area contributed by atoms with E-state index in [0.29, 0.717) is 5.65 Å². The second-order valence-corrected chi connectivity index (χ2v) is 3.29. The van der Waals surface area contributed by atoms with Crippen LogP contribution in [-0.4, -0.2) is 20.6 Å². The number of carbonyl (C=O) groups is 1. The largest absolute Gasteiger partial charge is 1.00 e. The van der Waals surface area contributed by atoms with Crippen LogP contribution in [0, 0.1) is 0 Å². The van der Waals surface area contributed by atoms with Gasteiger partial charge in [-0.15, -0.1) is 5.10 Å². The standard InChI is InChI=1S/C7H4BrN3O2.Li/c8-4-1-2-11-5(3-4)9-6(10-11)7(12)13;/h1-3H,(H,12,13);/q;+1/p-1. The monoisotopic (exact) mass is 247 g/mol. The number of hydrogen-bond acceptors (Lipinski definition) is 4. The van der Waals surface area contributed by atoms with Crippen molar-refractivity contribution < 1.29 is 28.8 Å². The first-order valence-corrected chi connectivity index (χ1v) is 4.19. The van der Waals surface area contributed by atoms with E-state index >= 15 is 0 Å². The number of carboxylic acids is 1. The van der Waals surface area contributed by atoms with E-state index in [4.69, 9.17) is 0 Å². The van der Waals surface area contributed by atoms with Gasteiger partial charge in [0.05, 0.1) is 0 Å². The molecule has 7 heteroatoms. The van der Waals surface area contributed by atoms with Crippen LogP contribution in [0.3, 0.4) is 0 Å². The number of fused-ring (bicyclic) bond motifs is 1. The molecule has 2 aromatic heterocycles. The SMILES string of the molecule is O=C([O-])c1nc2cc(Br)ccn2n1.[Li+]. The molecule has 0 aliphatic heterocycles. The summed E-state index contributed by atoms with van der Waals surface area (Å²) in [5.41, 5.74) is 0.466. The van der Waals surface area contributed by atoms with Crippen molar-refractivity contribution in [2.45, 2.75) is 0 Å². The van der Waals surface area contributed by atoms with E-state index in [0.717, 1.165) is 4.47 Å². The zero-order chi connectivity index (χ0) is 9.42.